The Bertz CT molecular complexity index is 966. The van der Waals surface area contributed by atoms with E-state index in [0.717, 1.165) is 43.9 Å². The van der Waals surface area contributed by atoms with Crippen LogP contribution >= 0.6 is 11.3 Å². The van der Waals surface area contributed by atoms with Crippen molar-refractivity contribution in [1.29, 1.82) is 0 Å². The molecule has 2 fully saturated rings. The highest BCUT2D eigenvalue weighted by atomic mass is 32.1. The van der Waals surface area contributed by atoms with E-state index in [1.54, 1.807) is 11.3 Å². The van der Waals surface area contributed by atoms with Crippen molar-refractivity contribution in [2.24, 2.45) is 0 Å². The Balaban J connectivity index is 1.49. The van der Waals surface area contributed by atoms with Gasteiger partial charge in [-0.15, -0.1) is 11.3 Å². The first-order valence-corrected chi connectivity index (χ1v) is 10.8. The molecule has 1 aromatic carbocycles. The second-order valence-electron chi connectivity index (χ2n) is 7.69. The second-order valence-corrected chi connectivity index (χ2v) is 8.64. The molecule has 0 radical (unpaired) electrons. The van der Waals surface area contributed by atoms with Crippen LogP contribution in [-0.2, 0) is 11.3 Å². The monoisotopic (exact) mass is 392 g/mol. The van der Waals surface area contributed by atoms with E-state index in [1.165, 1.54) is 10.4 Å². The summed E-state index contributed by atoms with van der Waals surface area (Å²) in [7, 11) is 0. The van der Waals surface area contributed by atoms with E-state index < -0.39 is 0 Å². The molecule has 0 unspecified atom stereocenters. The summed E-state index contributed by atoms with van der Waals surface area (Å²) in [6, 6.07) is 14.7. The van der Waals surface area contributed by atoms with Crippen molar-refractivity contribution in [3.63, 3.8) is 0 Å². The summed E-state index contributed by atoms with van der Waals surface area (Å²) in [4.78, 5) is 18.4. The SMILES string of the molecule is C[C@H]1C(=O)N2CCC[C@@H]2CN1Cc1cn(-c2ccccc2)nc1-c1cccs1. The van der Waals surface area contributed by atoms with Crippen LogP contribution in [0.5, 0.6) is 0 Å². The number of para-hydroxylation sites is 1. The van der Waals surface area contributed by atoms with Crippen LogP contribution in [0.2, 0.25) is 0 Å². The van der Waals surface area contributed by atoms with Gasteiger partial charge in [-0.3, -0.25) is 9.69 Å². The molecule has 144 valence electrons. The van der Waals surface area contributed by atoms with E-state index in [-0.39, 0.29) is 11.9 Å². The number of fused-ring (bicyclic) bond motifs is 1. The summed E-state index contributed by atoms with van der Waals surface area (Å²) in [5.74, 6) is 0.280. The van der Waals surface area contributed by atoms with Crippen LogP contribution in [0.15, 0.2) is 54.0 Å². The van der Waals surface area contributed by atoms with E-state index in [1.807, 2.05) is 29.8 Å². The quantitative estimate of drug-likeness (QED) is 0.678. The third kappa shape index (κ3) is 3.06. The van der Waals surface area contributed by atoms with Gasteiger partial charge in [-0.05, 0) is 43.3 Å². The molecule has 1 amide bonds. The largest absolute Gasteiger partial charge is 0.337 e. The van der Waals surface area contributed by atoms with Gasteiger partial charge in [0.1, 0.15) is 5.69 Å². The minimum atomic E-state index is -0.0781. The maximum absolute atomic E-state index is 12.8. The summed E-state index contributed by atoms with van der Waals surface area (Å²) in [6.45, 7) is 4.67. The van der Waals surface area contributed by atoms with Gasteiger partial charge in [-0.1, -0.05) is 24.3 Å². The fourth-order valence-corrected chi connectivity index (χ4v) is 5.16. The number of hydrogen-bond acceptors (Lipinski definition) is 4. The van der Waals surface area contributed by atoms with Gasteiger partial charge in [0.2, 0.25) is 5.91 Å². The van der Waals surface area contributed by atoms with Crippen LogP contribution in [-0.4, -0.2) is 50.7 Å². The standard InChI is InChI=1S/C22H24N4OS/c1-16-22(27)25-11-5-9-19(25)15-24(16)13-17-14-26(18-7-3-2-4-8-18)23-21(17)20-10-6-12-28-20/h2-4,6-8,10,12,14,16,19H,5,9,11,13,15H2,1H3/t16-,19+/m0/s1. The number of thiophene rings is 1. The zero-order valence-corrected chi connectivity index (χ0v) is 16.8. The molecule has 3 aromatic rings. The summed E-state index contributed by atoms with van der Waals surface area (Å²) < 4.78 is 1.96. The number of carbonyl (C=O) groups is 1. The molecule has 5 rings (SSSR count). The minimum Gasteiger partial charge on any atom is -0.337 e. The zero-order valence-electron chi connectivity index (χ0n) is 16.0. The summed E-state index contributed by atoms with van der Waals surface area (Å²) in [5, 5.41) is 6.99. The van der Waals surface area contributed by atoms with Gasteiger partial charge in [-0.25, -0.2) is 4.68 Å². The van der Waals surface area contributed by atoms with Gasteiger partial charge >= 0.3 is 0 Å². The number of benzene rings is 1. The van der Waals surface area contributed by atoms with E-state index in [2.05, 4.69) is 45.6 Å². The van der Waals surface area contributed by atoms with E-state index in [4.69, 9.17) is 5.10 Å². The lowest BCUT2D eigenvalue weighted by atomic mass is 10.1. The third-order valence-electron chi connectivity index (χ3n) is 5.95. The molecule has 0 spiro atoms. The predicted octanol–water partition coefficient (Wildman–Crippen LogP) is 3.80. The van der Waals surface area contributed by atoms with Crippen LogP contribution in [0.25, 0.3) is 16.3 Å². The Morgan fingerprint density at radius 1 is 1.18 bits per heavy atom. The van der Waals surface area contributed by atoms with Crippen molar-refractivity contribution >= 4 is 17.2 Å². The molecule has 6 heteroatoms. The summed E-state index contributed by atoms with van der Waals surface area (Å²) in [6.07, 6.45) is 4.38. The minimum absolute atomic E-state index is 0.0781. The maximum atomic E-state index is 12.8. The topological polar surface area (TPSA) is 41.4 Å². The molecule has 0 bridgehead atoms. The maximum Gasteiger partial charge on any atom is 0.239 e. The summed E-state index contributed by atoms with van der Waals surface area (Å²) >= 11 is 1.71. The molecule has 0 saturated carbocycles. The Hall–Kier alpha value is -2.44. The lowest BCUT2D eigenvalue weighted by Crippen LogP contribution is -2.58. The van der Waals surface area contributed by atoms with Crippen molar-refractivity contribution in [1.82, 2.24) is 19.6 Å². The van der Waals surface area contributed by atoms with Crippen LogP contribution in [0, 0.1) is 0 Å². The molecule has 2 atom stereocenters. The molecule has 2 saturated heterocycles. The first-order chi connectivity index (χ1) is 13.7. The predicted molar refractivity (Wildman–Crippen MR) is 111 cm³/mol. The molecule has 2 aliphatic heterocycles. The Morgan fingerprint density at radius 2 is 2.04 bits per heavy atom. The third-order valence-corrected chi connectivity index (χ3v) is 6.83. The molecule has 0 aliphatic carbocycles. The van der Waals surface area contributed by atoms with Crippen LogP contribution < -0.4 is 0 Å². The summed E-state index contributed by atoms with van der Waals surface area (Å²) in [5.41, 5.74) is 3.25. The fourth-order valence-electron chi connectivity index (χ4n) is 4.42. The normalized spacial score (nSPS) is 22.6. The van der Waals surface area contributed by atoms with E-state index in [9.17, 15) is 4.79 Å². The molecule has 2 aromatic heterocycles. The van der Waals surface area contributed by atoms with Gasteiger partial charge in [0, 0.05) is 37.4 Å². The Morgan fingerprint density at radius 3 is 2.82 bits per heavy atom. The molecule has 0 N–H and O–H groups in total. The first kappa shape index (κ1) is 17.6. The average molecular weight is 393 g/mol. The smallest absolute Gasteiger partial charge is 0.239 e. The Kier molecular flexibility index (Phi) is 4.53. The highest BCUT2D eigenvalue weighted by Crippen LogP contribution is 2.31. The number of carbonyl (C=O) groups excluding carboxylic acids is 1. The first-order valence-electron chi connectivity index (χ1n) is 9.93. The number of nitrogens with zero attached hydrogens (tertiary/aromatic N) is 4. The van der Waals surface area contributed by atoms with E-state index in [0.29, 0.717) is 6.04 Å². The molecule has 2 aliphatic rings. The number of aromatic nitrogens is 2. The number of hydrogen-bond donors (Lipinski definition) is 0. The van der Waals surface area contributed by atoms with Gasteiger partial charge in [0.25, 0.3) is 0 Å². The number of amides is 1. The van der Waals surface area contributed by atoms with Crippen LogP contribution in [0.3, 0.4) is 0 Å². The van der Waals surface area contributed by atoms with Gasteiger partial charge < -0.3 is 4.90 Å². The second kappa shape index (κ2) is 7.18. The van der Waals surface area contributed by atoms with Crippen molar-refractivity contribution < 1.29 is 4.79 Å². The molecular formula is C22H24N4OS. The van der Waals surface area contributed by atoms with Crippen LogP contribution in [0.4, 0.5) is 0 Å². The van der Waals surface area contributed by atoms with Crippen molar-refractivity contribution in [2.75, 3.05) is 13.1 Å². The highest BCUT2D eigenvalue weighted by Gasteiger charge is 2.40. The fraction of sp³-hybridized carbons (Fsp3) is 0.364. The molecular weight excluding hydrogens is 368 g/mol. The lowest BCUT2D eigenvalue weighted by molar-refractivity contribution is -0.143. The lowest BCUT2D eigenvalue weighted by Gasteiger charge is -2.41. The van der Waals surface area contributed by atoms with Gasteiger partial charge in [-0.2, -0.15) is 5.10 Å². The van der Waals surface area contributed by atoms with Gasteiger partial charge in [0.15, 0.2) is 0 Å². The van der Waals surface area contributed by atoms with Crippen molar-refractivity contribution in [2.45, 2.75) is 38.4 Å². The molecule has 4 heterocycles. The van der Waals surface area contributed by atoms with Crippen molar-refractivity contribution in [3.8, 4) is 16.3 Å². The molecule has 5 nitrogen and oxygen atoms in total. The average Bonchev–Trinajstić information content (AvgIpc) is 3.46. The van der Waals surface area contributed by atoms with E-state index >= 15 is 0 Å². The van der Waals surface area contributed by atoms with Gasteiger partial charge in [0.05, 0.1) is 16.6 Å². The van der Waals surface area contributed by atoms with Crippen LogP contribution in [0.1, 0.15) is 25.3 Å². The number of rotatable bonds is 4. The molecule has 28 heavy (non-hydrogen) atoms. The Labute approximate surface area is 169 Å². The van der Waals surface area contributed by atoms with Crippen molar-refractivity contribution in [3.05, 3.63) is 59.6 Å². The number of piperazine rings is 1. The highest BCUT2D eigenvalue weighted by molar-refractivity contribution is 7.13. The zero-order chi connectivity index (χ0) is 19.1.